The van der Waals surface area contributed by atoms with Crippen LogP contribution in [0.25, 0.3) is 0 Å². The first-order chi connectivity index (χ1) is 9.15. The predicted octanol–water partition coefficient (Wildman–Crippen LogP) is 4.25. The van der Waals surface area contributed by atoms with Crippen molar-refractivity contribution in [2.75, 3.05) is 5.32 Å². The zero-order chi connectivity index (χ0) is 13.7. The lowest BCUT2D eigenvalue weighted by atomic mass is 9.85. The van der Waals surface area contributed by atoms with Crippen LogP contribution >= 0.6 is 12.2 Å². The van der Waals surface area contributed by atoms with E-state index in [2.05, 4.69) is 48.7 Å². The Morgan fingerprint density at radius 2 is 1.79 bits per heavy atom. The topological polar surface area (TPSA) is 24.1 Å². The highest BCUT2D eigenvalue weighted by molar-refractivity contribution is 7.80. The highest BCUT2D eigenvalue weighted by Crippen LogP contribution is 2.26. The van der Waals surface area contributed by atoms with E-state index in [1.165, 1.54) is 37.7 Å². The van der Waals surface area contributed by atoms with Crippen LogP contribution in [-0.4, -0.2) is 11.2 Å². The number of nitrogens with one attached hydrogen (secondary N) is 2. The van der Waals surface area contributed by atoms with E-state index in [-0.39, 0.29) is 0 Å². The average molecular weight is 276 g/mol. The third-order valence-corrected chi connectivity index (χ3v) is 4.25. The summed E-state index contributed by atoms with van der Waals surface area (Å²) in [4.78, 5) is 0. The quantitative estimate of drug-likeness (QED) is 0.807. The number of hydrogen-bond donors (Lipinski definition) is 2. The van der Waals surface area contributed by atoms with E-state index >= 15 is 0 Å². The molecule has 0 bridgehead atoms. The molecule has 1 aromatic carbocycles. The molecular formula is C16H24N2S. The summed E-state index contributed by atoms with van der Waals surface area (Å²) in [5, 5.41) is 7.43. The standard InChI is InChI=1S/C16H24N2S/c1-12-8-10-15(11-9-12)18-16(19)17-13(2)14-6-4-3-5-7-14/h8-11,13-14H,3-7H2,1-2H3,(H2,17,18,19)/t13-/m0/s1. The zero-order valence-electron chi connectivity index (χ0n) is 11.9. The Balaban J connectivity index is 1.81. The summed E-state index contributed by atoms with van der Waals surface area (Å²) in [7, 11) is 0. The van der Waals surface area contributed by atoms with Gasteiger partial charge in [-0.2, -0.15) is 0 Å². The smallest absolute Gasteiger partial charge is 0.170 e. The first kappa shape index (κ1) is 14.3. The molecule has 0 amide bonds. The number of benzene rings is 1. The molecule has 1 fully saturated rings. The lowest BCUT2D eigenvalue weighted by molar-refractivity contribution is 0.302. The highest BCUT2D eigenvalue weighted by Gasteiger charge is 2.20. The van der Waals surface area contributed by atoms with Crippen LogP contribution in [0.15, 0.2) is 24.3 Å². The molecule has 19 heavy (non-hydrogen) atoms. The van der Waals surface area contributed by atoms with Gasteiger partial charge in [-0.15, -0.1) is 0 Å². The van der Waals surface area contributed by atoms with Crippen molar-refractivity contribution in [1.82, 2.24) is 5.32 Å². The Morgan fingerprint density at radius 3 is 2.42 bits per heavy atom. The van der Waals surface area contributed by atoms with Gasteiger partial charge in [-0.3, -0.25) is 0 Å². The Hall–Kier alpha value is -1.09. The molecule has 0 unspecified atom stereocenters. The minimum atomic E-state index is 0.464. The van der Waals surface area contributed by atoms with E-state index in [0.29, 0.717) is 6.04 Å². The Morgan fingerprint density at radius 1 is 1.16 bits per heavy atom. The second-order valence-electron chi connectivity index (χ2n) is 5.65. The van der Waals surface area contributed by atoms with E-state index in [9.17, 15) is 0 Å². The summed E-state index contributed by atoms with van der Waals surface area (Å²) >= 11 is 5.39. The molecule has 0 saturated heterocycles. The van der Waals surface area contributed by atoms with Gasteiger partial charge >= 0.3 is 0 Å². The third-order valence-electron chi connectivity index (χ3n) is 4.03. The minimum Gasteiger partial charge on any atom is -0.360 e. The molecule has 0 heterocycles. The van der Waals surface area contributed by atoms with Gasteiger partial charge in [0.1, 0.15) is 0 Å². The number of thiocarbonyl (C=S) groups is 1. The Labute approximate surface area is 122 Å². The van der Waals surface area contributed by atoms with Crippen molar-refractivity contribution < 1.29 is 0 Å². The van der Waals surface area contributed by atoms with E-state index in [0.717, 1.165) is 16.7 Å². The summed E-state index contributed by atoms with van der Waals surface area (Å²) in [5.41, 5.74) is 2.32. The van der Waals surface area contributed by atoms with E-state index in [1.54, 1.807) is 0 Å². The molecule has 1 aromatic rings. The summed E-state index contributed by atoms with van der Waals surface area (Å²) < 4.78 is 0. The molecule has 0 radical (unpaired) electrons. The maximum absolute atomic E-state index is 5.39. The second kappa shape index (κ2) is 6.90. The first-order valence-electron chi connectivity index (χ1n) is 7.29. The van der Waals surface area contributed by atoms with Gasteiger partial charge in [0.15, 0.2) is 5.11 Å². The lowest BCUT2D eigenvalue weighted by Gasteiger charge is -2.29. The van der Waals surface area contributed by atoms with Crippen LogP contribution in [0.5, 0.6) is 0 Å². The van der Waals surface area contributed by atoms with Crippen LogP contribution in [0, 0.1) is 12.8 Å². The van der Waals surface area contributed by atoms with Crippen molar-refractivity contribution >= 4 is 23.0 Å². The third kappa shape index (κ3) is 4.50. The lowest BCUT2D eigenvalue weighted by Crippen LogP contribution is -2.41. The molecule has 1 aliphatic rings. The van der Waals surface area contributed by atoms with E-state index in [1.807, 2.05) is 0 Å². The van der Waals surface area contributed by atoms with Crippen LogP contribution in [0.4, 0.5) is 5.69 Å². The Kier molecular flexibility index (Phi) is 5.20. The van der Waals surface area contributed by atoms with E-state index in [4.69, 9.17) is 12.2 Å². The van der Waals surface area contributed by atoms with Crippen LogP contribution in [0.2, 0.25) is 0 Å². The van der Waals surface area contributed by atoms with Gasteiger partial charge in [-0.1, -0.05) is 37.0 Å². The van der Waals surface area contributed by atoms with Crippen molar-refractivity contribution in [2.45, 2.75) is 52.0 Å². The second-order valence-corrected chi connectivity index (χ2v) is 6.06. The number of rotatable bonds is 3. The maximum atomic E-state index is 5.39. The van der Waals surface area contributed by atoms with Crippen molar-refractivity contribution in [2.24, 2.45) is 5.92 Å². The molecule has 1 aliphatic carbocycles. The number of hydrogen-bond acceptors (Lipinski definition) is 1. The molecule has 0 spiro atoms. The molecule has 2 rings (SSSR count). The molecule has 0 aliphatic heterocycles. The Bertz CT molecular complexity index is 407. The zero-order valence-corrected chi connectivity index (χ0v) is 12.7. The molecule has 2 nitrogen and oxygen atoms in total. The first-order valence-corrected chi connectivity index (χ1v) is 7.70. The SMILES string of the molecule is Cc1ccc(NC(=S)N[C@@H](C)C2CCCCC2)cc1. The largest absolute Gasteiger partial charge is 0.360 e. The molecule has 104 valence electrons. The maximum Gasteiger partial charge on any atom is 0.170 e. The van der Waals surface area contributed by atoms with Crippen molar-refractivity contribution in [1.29, 1.82) is 0 Å². The predicted molar refractivity (Wildman–Crippen MR) is 86.6 cm³/mol. The van der Waals surface area contributed by atoms with Crippen LogP contribution in [0.3, 0.4) is 0 Å². The molecule has 0 aromatic heterocycles. The monoisotopic (exact) mass is 276 g/mol. The van der Waals surface area contributed by atoms with Gasteiger partial charge in [0.2, 0.25) is 0 Å². The van der Waals surface area contributed by atoms with Crippen LogP contribution in [0.1, 0.15) is 44.6 Å². The summed E-state index contributed by atoms with van der Waals surface area (Å²) in [5.74, 6) is 0.770. The molecule has 1 atom stereocenters. The molecule has 3 heteroatoms. The van der Waals surface area contributed by atoms with Crippen molar-refractivity contribution in [3.63, 3.8) is 0 Å². The fraction of sp³-hybridized carbons (Fsp3) is 0.562. The molecule has 1 saturated carbocycles. The highest BCUT2D eigenvalue weighted by atomic mass is 32.1. The van der Waals surface area contributed by atoms with Gasteiger partial charge in [-0.25, -0.2) is 0 Å². The van der Waals surface area contributed by atoms with Gasteiger partial charge in [-0.05, 0) is 57.0 Å². The van der Waals surface area contributed by atoms with Gasteiger partial charge in [0.25, 0.3) is 0 Å². The van der Waals surface area contributed by atoms with Gasteiger partial charge in [0, 0.05) is 11.7 Å². The minimum absolute atomic E-state index is 0.464. The normalized spacial score (nSPS) is 17.8. The van der Waals surface area contributed by atoms with Crippen molar-refractivity contribution in [3.05, 3.63) is 29.8 Å². The molecule has 2 N–H and O–H groups in total. The van der Waals surface area contributed by atoms with Gasteiger partial charge in [0.05, 0.1) is 0 Å². The number of aryl methyl sites for hydroxylation is 1. The van der Waals surface area contributed by atoms with Crippen LogP contribution < -0.4 is 10.6 Å². The fourth-order valence-corrected chi connectivity index (χ4v) is 3.07. The van der Waals surface area contributed by atoms with Crippen molar-refractivity contribution in [3.8, 4) is 0 Å². The average Bonchev–Trinajstić information content (AvgIpc) is 2.42. The van der Waals surface area contributed by atoms with E-state index < -0.39 is 0 Å². The summed E-state index contributed by atoms with van der Waals surface area (Å²) in [6.07, 6.45) is 6.81. The summed E-state index contributed by atoms with van der Waals surface area (Å²) in [6, 6.07) is 8.78. The molecular weight excluding hydrogens is 252 g/mol. The number of anilines is 1. The van der Waals surface area contributed by atoms with Crippen LogP contribution in [-0.2, 0) is 0 Å². The summed E-state index contributed by atoms with van der Waals surface area (Å²) in [6.45, 7) is 4.34. The fourth-order valence-electron chi connectivity index (χ4n) is 2.76. The van der Waals surface area contributed by atoms with Gasteiger partial charge < -0.3 is 10.6 Å².